The Morgan fingerprint density at radius 2 is 1.52 bits per heavy atom. The minimum absolute atomic E-state index is 0.375. The van der Waals surface area contributed by atoms with Crippen LogP contribution in [0.1, 0.15) is 79.0 Å². The summed E-state index contributed by atoms with van der Waals surface area (Å²) in [6, 6.07) is 18.8. The minimum Gasteiger partial charge on any atom is -0.302 e. The molecule has 0 radical (unpaired) electrons. The topological polar surface area (TPSA) is 3.24 Å². The molecular formula is C26H31N. The van der Waals surface area contributed by atoms with Gasteiger partial charge in [0.15, 0.2) is 0 Å². The quantitative estimate of drug-likeness (QED) is 0.610. The van der Waals surface area contributed by atoms with E-state index in [1.807, 2.05) is 0 Å². The molecule has 2 fully saturated rings. The van der Waals surface area contributed by atoms with E-state index in [-0.39, 0.29) is 0 Å². The molecule has 2 aromatic carbocycles. The maximum absolute atomic E-state index is 2.86. The average molecular weight is 358 g/mol. The van der Waals surface area contributed by atoms with Crippen molar-refractivity contribution < 1.29 is 0 Å². The summed E-state index contributed by atoms with van der Waals surface area (Å²) in [5, 5.41) is 0. The highest BCUT2D eigenvalue weighted by Crippen LogP contribution is 2.63. The lowest BCUT2D eigenvalue weighted by atomic mass is 9.65. The molecule has 140 valence electrons. The fourth-order valence-corrected chi connectivity index (χ4v) is 7.19. The molecule has 27 heavy (non-hydrogen) atoms. The van der Waals surface area contributed by atoms with E-state index in [4.69, 9.17) is 0 Å². The van der Waals surface area contributed by atoms with Crippen LogP contribution >= 0.6 is 0 Å². The molecule has 2 bridgehead atoms. The third kappa shape index (κ3) is 2.40. The Morgan fingerprint density at radius 3 is 2.33 bits per heavy atom. The molecule has 6 rings (SSSR count). The highest BCUT2D eigenvalue weighted by atomic mass is 15.2. The van der Waals surface area contributed by atoms with Crippen LogP contribution in [0.15, 0.2) is 48.5 Å². The van der Waals surface area contributed by atoms with E-state index >= 15 is 0 Å². The van der Waals surface area contributed by atoms with Gasteiger partial charge in [-0.2, -0.15) is 0 Å². The van der Waals surface area contributed by atoms with E-state index in [2.05, 4.69) is 53.4 Å². The van der Waals surface area contributed by atoms with Crippen molar-refractivity contribution in [2.45, 2.75) is 62.2 Å². The van der Waals surface area contributed by atoms with Crippen molar-refractivity contribution in [3.8, 4) is 0 Å². The van der Waals surface area contributed by atoms with Crippen molar-refractivity contribution >= 4 is 0 Å². The molecule has 1 nitrogen and oxygen atoms in total. The van der Waals surface area contributed by atoms with Crippen molar-refractivity contribution in [2.24, 2.45) is 5.92 Å². The Kier molecular flexibility index (Phi) is 3.76. The Morgan fingerprint density at radius 1 is 0.815 bits per heavy atom. The van der Waals surface area contributed by atoms with Crippen LogP contribution < -0.4 is 0 Å². The van der Waals surface area contributed by atoms with Crippen LogP contribution in [0.25, 0.3) is 0 Å². The summed E-state index contributed by atoms with van der Waals surface area (Å²) >= 11 is 0. The molecule has 0 aromatic heterocycles. The predicted molar refractivity (Wildman–Crippen MR) is 111 cm³/mol. The molecule has 2 aromatic rings. The van der Waals surface area contributed by atoms with Gasteiger partial charge in [0.1, 0.15) is 0 Å². The Bertz CT molecular complexity index is 836. The summed E-state index contributed by atoms with van der Waals surface area (Å²) in [5.74, 6) is 2.26. The molecule has 3 aliphatic carbocycles. The van der Waals surface area contributed by atoms with Gasteiger partial charge in [0.25, 0.3) is 0 Å². The van der Waals surface area contributed by atoms with Gasteiger partial charge < -0.3 is 4.90 Å². The summed E-state index contributed by atoms with van der Waals surface area (Å²) in [6.45, 7) is 3.90. The summed E-state index contributed by atoms with van der Waals surface area (Å²) in [5.41, 5.74) is 6.97. The smallest absolute Gasteiger partial charge is 0.0173 e. The van der Waals surface area contributed by atoms with Crippen molar-refractivity contribution in [3.05, 3.63) is 70.8 Å². The number of likely N-dealkylation sites (tertiary alicyclic amines) is 1. The molecule has 1 saturated carbocycles. The zero-order chi connectivity index (χ0) is 17.8. The first-order chi connectivity index (χ1) is 13.4. The largest absolute Gasteiger partial charge is 0.302 e. The molecular weight excluding hydrogens is 326 g/mol. The van der Waals surface area contributed by atoms with Gasteiger partial charge in [-0.1, -0.05) is 74.2 Å². The number of rotatable bonds is 2. The van der Waals surface area contributed by atoms with E-state index in [0.29, 0.717) is 17.3 Å². The molecule has 4 aliphatic rings. The van der Waals surface area contributed by atoms with Crippen molar-refractivity contribution in [2.75, 3.05) is 19.6 Å². The lowest BCUT2D eigenvalue weighted by molar-refractivity contribution is 0.245. The van der Waals surface area contributed by atoms with Gasteiger partial charge in [-0.05, 0) is 47.4 Å². The first-order valence-electron chi connectivity index (χ1n) is 11.3. The van der Waals surface area contributed by atoms with Crippen LogP contribution in [-0.2, 0) is 5.41 Å². The number of hydrogen-bond donors (Lipinski definition) is 0. The zero-order valence-electron chi connectivity index (χ0n) is 16.4. The molecule has 3 atom stereocenters. The second-order valence-corrected chi connectivity index (χ2v) is 9.73. The predicted octanol–water partition coefficient (Wildman–Crippen LogP) is 5.84. The standard InChI is InChI=1S/C26H31N/c1-2-4-10-19(9-3-1)16-27-17-25-21-12-6-5-11-20(21)23-15-26(25,18-27)24-14-8-7-13-22(23)24/h5-8,11-14,19,23,25H,1-4,9-10,15-18H2. The van der Waals surface area contributed by atoms with Gasteiger partial charge in [0, 0.05) is 36.9 Å². The first kappa shape index (κ1) is 16.4. The SMILES string of the molecule is c1ccc2c(c1)C1CC3(CN(CC4CCCCCC4)CC23)c2ccccc21. The number of fused-ring (bicyclic) bond motifs is 3. The molecule has 1 spiro atoms. The van der Waals surface area contributed by atoms with Crippen molar-refractivity contribution in [3.63, 3.8) is 0 Å². The number of nitrogens with zero attached hydrogens (tertiary/aromatic N) is 1. The van der Waals surface area contributed by atoms with Gasteiger partial charge in [0.05, 0.1) is 0 Å². The molecule has 1 heteroatoms. The van der Waals surface area contributed by atoms with Crippen LogP contribution in [0.4, 0.5) is 0 Å². The number of benzene rings is 2. The van der Waals surface area contributed by atoms with Gasteiger partial charge in [-0.25, -0.2) is 0 Å². The van der Waals surface area contributed by atoms with E-state index < -0.39 is 0 Å². The average Bonchev–Trinajstić information content (AvgIpc) is 3.09. The maximum atomic E-state index is 2.86. The van der Waals surface area contributed by atoms with Crippen LogP contribution in [0.5, 0.6) is 0 Å². The van der Waals surface area contributed by atoms with E-state index in [1.54, 1.807) is 22.3 Å². The van der Waals surface area contributed by atoms with Crippen LogP contribution in [0.2, 0.25) is 0 Å². The minimum atomic E-state index is 0.375. The van der Waals surface area contributed by atoms with Crippen LogP contribution in [-0.4, -0.2) is 24.5 Å². The van der Waals surface area contributed by atoms with Gasteiger partial charge in [0.2, 0.25) is 0 Å². The molecule has 0 N–H and O–H groups in total. The van der Waals surface area contributed by atoms with Crippen molar-refractivity contribution in [1.29, 1.82) is 0 Å². The normalized spacial score (nSPS) is 32.6. The molecule has 1 saturated heterocycles. The van der Waals surface area contributed by atoms with E-state index in [1.165, 1.54) is 64.6 Å². The summed E-state index contributed by atoms with van der Waals surface area (Å²) in [4.78, 5) is 2.86. The summed E-state index contributed by atoms with van der Waals surface area (Å²) in [6.07, 6.45) is 10.1. The zero-order valence-corrected chi connectivity index (χ0v) is 16.4. The molecule has 1 aliphatic heterocycles. The van der Waals surface area contributed by atoms with Crippen LogP contribution in [0.3, 0.4) is 0 Å². The Balaban J connectivity index is 1.38. The molecule has 1 heterocycles. The lowest BCUT2D eigenvalue weighted by Crippen LogP contribution is -2.35. The van der Waals surface area contributed by atoms with E-state index in [9.17, 15) is 0 Å². The van der Waals surface area contributed by atoms with Crippen molar-refractivity contribution in [1.82, 2.24) is 4.90 Å². The second-order valence-electron chi connectivity index (χ2n) is 9.73. The third-order valence-corrected chi connectivity index (χ3v) is 8.29. The highest BCUT2D eigenvalue weighted by Gasteiger charge is 2.57. The van der Waals surface area contributed by atoms with Crippen LogP contribution in [0, 0.1) is 5.92 Å². The molecule has 3 unspecified atom stereocenters. The maximum Gasteiger partial charge on any atom is 0.0173 e. The van der Waals surface area contributed by atoms with Gasteiger partial charge >= 0.3 is 0 Å². The summed E-state index contributed by atoms with van der Waals surface area (Å²) in [7, 11) is 0. The fourth-order valence-electron chi connectivity index (χ4n) is 7.19. The number of hydrogen-bond acceptors (Lipinski definition) is 1. The first-order valence-corrected chi connectivity index (χ1v) is 11.3. The molecule has 0 amide bonds. The highest BCUT2D eigenvalue weighted by molar-refractivity contribution is 5.58. The fraction of sp³-hybridized carbons (Fsp3) is 0.538. The van der Waals surface area contributed by atoms with Gasteiger partial charge in [-0.3, -0.25) is 0 Å². The van der Waals surface area contributed by atoms with Gasteiger partial charge in [-0.15, -0.1) is 0 Å². The van der Waals surface area contributed by atoms with E-state index in [0.717, 1.165) is 5.92 Å². The Labute approximate surface area is 163 Å². The Hall–Kier alpha value is -1.60. The third-order valence-electron chi connectivity index (χ3n) is 8.29. The summed E-state index contributed by atoms with van der Waals surface area (Å²) < 4.78 is 0. The second kappa shape index (κ2) is 6.21. The lowest BCUT2D eigenvalue weighted by Gasteiger charge is -2.37. The monoisotopic (exact) mass is 357 g/mol.